The summed E-state index contributed by atoms with van der Waals surface area (Å²) < 4.78 is 75.0. The van der Waals surface area contributed by atoms with Crippen LogP contribution in [0.5, 0.6) is 11.5 Å². The van der Waals surface area contributed by atoms with E-state index >= 15 is 0 Å². The summed E-state index contributed by atoms with van der Waals surface area (Å²) in [6.45, 7) is 11.2. The number of aliphatic carboxylic acids is 2. The first-order valence-electron chi connectivity index (χ1n) is 15.6. The summed E-state index contributed by atoms with van der Waals surface area (Å²) in [5, 5.41) is 21.3. The lowest BCUT2D eigenvalue weighted by molar-refractivity contribution is -0.193. The summed E-state index contributed by atoms with van der Waals surface area (Å²) in [6.07, 6.45) is -7.39. The molecule has 0 fully saturated rings. The molecule has 0 unspecified atom stereocenters. The van der Waals surface area contributed by atoms with Crippen molar-refractivity contribution in [2.24, 2.45) is 17.4 Å². The van der Waals surface area contributed by atoms with Gasteiger partial charge in [0.05, 0.1) is 36.0 Å². The minimum atomic E-state index is -5.08. The summed E-state index contributed by atoms with van der Waals surface area (Å²) in [5.74, 6) is -4.83. The first-order valence-corrected chi connectivity index (χ1v) is 15.6. The minimum Gasteiger partial charge on any atom is -0.490 e. The summed E-state index contributed by atoms with van der Waals surface area (Å²) >= 11 is 0. The van der Waals surface area contributed by atoms with Gasteiger partial charge in [-0.2, -0.15) is 26.3 Å². The Morgan fingerprint density at radius 3 is 1.87 bits per heavy atom. The van der Waals surface area contributed by atoms with E-state index in [2.05, 4.69) is 15.6 Å². The van der Waals surface area contributed by atoms with Gasteiger partial charge in [0.15, 0.2) is 11.5 Å². The van der Waals surface area contributed by atoms with E-state index in [4.69, 9.17) is 40.7 Å². The van der Waals surface area contributed by atoms with Gasteiger partial charge < -0.3 is 41.8 Å². The smallest absolute Gasteiger partial charge is 0.490 e. The van der Waals surface area contributed by atoms with Crippen LogP contribution in [0.1, 0.15) is 62.5 Å². The maximum Gasteiger partial charge on any atom is 0.490 e. The first-order chi connectivity index (χ1) is 24.1. The minimum absolute atomic E-state index is 0.177. The van der Waals surface area contributed by atoms with Crippen molar-refractivity contribution in [1.29, 1.82) is 0 Å². The number of hydrogen-bond acceptors (Lipinski definition) is 9. The van der Waals surface area contributed by atoms with Gasteiger partial charge in [-0.25, -0.2) is 9.59 Å². The number of nitrogens with one attached hydrogen (secondary N) is 2. The van der Waals surface area contributed by atoms with Gasteiger partial charge in [-0.15, -0.1) is 0 Å². The fraction of sp³-hybridized carbons (Fsp3) is 0.424. The average molecular weight is 750 g/mol. The zero-order valence-electron chi connectivity index (χ0n) is 28.9. The number of halogens is 6. The molecule has 3 aromatic rings. The van der Waals surface area contributed by atoms with Crippen molar-refractivity contribution >= 4 is 46.0 Å². The number of aromatic nitrogens is 1. The van der Waals surface area contributed by atoms with Crippen molar-refractivity contribution in [3.63, 3.8) is 0 Å². The van der Waals surface area contributed by atoms with Crippen LogP contribution in [-0.2, 0) is 27.3 Å². The van der Waals surface area contributed by atoms with Crippen molar-refractivity contribution in [3.05, 3.63) is 53.2 Å². The van der Waals surface area contributed by atoms with Gasteiger partial charge in [0, 0.05) is 29.9 Å². The number of carboxylic acid groups (broad SMARTS) is 2. The van der Waals surface area contributed by atoms with Crippen LogP contribution in [0.25, 0.3) is 10.9 Å². The van der Waals surface area contributed by atoms with E-state index in [9.17, 15) is 35.9 Å². The number of fused-ring (bicyclic) bond motifs is 1. The Hall–Kier alpha value is -5.33. The van der Waals surface area contributed by atoms with E-state index in [1.54, 1.807) is 6.07 Å². The molecule has 2 aromatic carbocycles. The van der Waals surface area contributed by atoms with E-state index in [-0.39, 0.29) is 11.5 Å². The monoisotopic (exact) mass is 749 g/mol. The molecule has 1 aromatic heterocycles. The second-order valence-electron chi connectivity index (χ2n) is 11.1. The fourth-order valence-corrected chi connectivity index (χ4v) is 4.46. The van der Waals surface area contributed by atoms with Crippen LogP contribution >= 0.6 is 0 Å². The molecule has 1 atom stereocenters. The summed E-state index contributed by atoms with van der Waals surface area (Å²) in [7, 11) is 0. The maximum absolute atomic E-state index is 12.5. The zero-order valence-corrected chi connectivity index (χ0v) is 28.9. The lowest BCUT2D eigenvalue weighted by Crippen LogP contribution is -2.41. The van der Waals surface area contributed by atoms with Gasteiger partial charge >= 0.3 is 24.3 Å². The van der Waals surface area contributed by atoms with Crippen molar-refractivity contribution < 1.29 is 65.2 Å². The Bertz CT molecular complexity index is 1680. The predicted molar refractivity (Wildman–Crippen MR) is 178 cm³/mol. The number of hydrogen-bond donors (Lipinski definition) is 6. The molecule has 0 saturated heterocycles. The van der Waals surface area contributed by atoms with Gasteiger partial charge in [0.1, 0.15) is 0 Å². The summed E-state index contributed by atoms with van der Waals surface area (Å²) in [6, 6.07) is 8.88. The standard InChI is InChI=1S/C29H39N5O4.2C2HF3O2/c1-6-19-18(15-33-29(36)22(30)12-17(4)5)10-9-11-23(19)34-27-20-13-25(37-7-2)26(38-8-3)14-24(20)32-16-21(27)28(31)35;2*3-2(4,5)1(6)7/h9-11,13-14,16-17,22H,6-8,12,15,30H2,1-5H3,(H2,31,35)(H,32,34)(H,33,36);2*(H,6,7)/t22-;;/m0../s1. The van der Waals surface area contributed by atoms with E-state index in [1.165, 1.54) is 6.20 Å². The van der Waals surface area contributed by atoms with Crippen LogP contribution in [0.3, 0.4) is 0 Å². The second kappa shape index (κ2) is 19.9. The quantitative estimate of drug-likeness (QED) is 0.117. The fourth-order valence-electron chi connectivity index (χ4n) is 4.46. The lowest BCUT2D eigenvalue weighted by atomic mass is 10.0. The largest absolute Gasteiger partial charge is 0.490 e. The Kier molecular flexibility index (Phi) is 17.1. The lowest BCUT2D eigenvalue weighted by Gasteiger charge is -2.20. The highest BCUT2D eigenvalue weighted by Gasteiger charge is 2.39. The molecular formula is C33H41F6N5O8. The number of benzene rings is 2. The maximum atomic E-state index is 12.5. The number of amides is 2. The van der Waals surface area contributed by atoms with Crippen LogP contribution < -0.4 is 31.6 Å². The molecule has 0 aliphatic heterocycles. The zero-order chi connectivity index (χ0) is 40.0. The van der Waals surface area contributed by atoms with Crippen molar-refractivity contribution in [1.82, 2.24) is 10.3 Å². The van der Waals surface area contributed by atoms with E-state index in [0.29, 0.717) is 66.6 Å². The molecule has 8 N–H and O–H groups in total. The number of carboxylic acids is 2. The number of alkyl halides is 6. The SMILES string of the molecule is CCOc1cc2ncc(C(N)=O)c(Nc3cccc(CNC(=O)[C@@H](N)CC(C)C)c3CC)c2cc1OCC.O=C(O)C(F)(F)F.O=C(O)C(F)(F)F. The molecule has 0 saturated carbocycles. The summed E-state index contributed by atoms with van der Waals surface area (Å²) in [5.41, 5.74) is 16.0. The molecule has 0 bridgehead atoms. The predicted octanol–water partition coefficient (Wildman–Crippen LogP) is 5.69. The molecule has 0 radical (unpaired) electrons. The van der Waals surface area contributed by atoms with Gasteiger partial charge in [0.25, 0.3) is 5.91 Å². The summed E-state index contributed by atoms with van der Waals surface area (Å²) in [4.78, 5) is 47.2. The Morgan fingerprint density at radius 1 is 0.904 bits per heavy atom. The van der Waals surface area contributed by atoms with Crippen LogP contribution in [0.4, 0.5) is 37.7 Å². The molecule has 2 amide bonds. The third-order valence-corrected chi connectivity index (χ3v) is 6.69. The molecule has 288 valence electrons. The topological polar surface area (TPSA) is 216 Å². The third-order valence-electron chi connectivity index (χ3n) is 6.69. The van der Waals surface area contributed by atoms with Crippen LogP contribution in [0.15, 0.2) is 36.5 Å². The second-order valence-corrected chi connectivity index (χ2v) is 11.1. The van der Waals surface area contributed by atoms with Crippen molar-refractivity contribution in [2.45, 2.75) is 72.4 Å². The van der Waals surface area contributed by atoms with E-state index < -0.39 is 36.2 Å². The van der Waals surface area contributed by atoms with Crippen LogP contribution in [0.2, 0.25) is 0 Å². The van der Waals surface area contributed by atoms with Gasteiger partial charge in [-0.3, -0.25) is 14.6 Å². The van der Waals surface area contributed by atoms with E-state index in [1.807, 2.05) is 58.9 Å². The molecule has 0 aliphatic carbocycles. The highest BCUT2D eigenvalue weighted by Crippen LogP contribution is 2.38. The molecule has 3 rings (SSSR count). The van der Waals surface area contributed by atoms with Crippen molar-refractivity contribution in [2.75, 3.05) is 18.5 Å². The molecule has 52 heavy (non-hydrogen) atoms. The Morgan fingerprint density at radius 2 is 1.42 bits per heavy atom. The van der Waals surface area contributed by atoms with Gasteiger partial charge in [0.2, 0.25) is 5.91 Å². The first kappa shape index (κ1) is 44.7. The third kappa shape index (κ3) is 13.8. The molecular weight excluding hydrogens is 708 g/mol. The number of nitrogens with zero attached hydrogens (tertiary/aromatic N) is 1. The number of anilines is 2. The van der Waals surface area contributed by atoms with E-state index in [0.717, 1.165) is 16.8 Å². The molecule has 0 aliphatic rings. The molecule has 19 heteroatoms. The van der Waals surface area contributed by atoms with Crippen molar-refractivity contribution in [3.8, 4) is 11.5 Å². The number of primary amides is 1. The highest BCUT2D eigenvalue weighted by molar-refractivity contribution is 6.08. The average Bonchev–Trinajstić information content (AvgIpc) is 3.03. The highest BCUT2D eigenvalue weighted by atomic mass is 19.4. The number of ether oxygens (including phenoxy) is 2. The number of pyridine rings is 1. The number of rotatable bonds is 13. The van der Waals surface area contributed by atoms with Crippen LogP contribution in [-0.4, -0.2) is 70.6 Å². The number of carbonyl (C=O) groups excluding carboxylic acids is 2. The molecule has 1 heterocycles. The number of carbonyl (C=O) groups is 4. The van der Waals surface area contributed by atoms with Gasteiger partial charge in [-0.05, 0) is 55.9 Å². The van der Waals surface area contributed by atoms with Crippen LogP contribution in [0, 0.1) is 5.92 Å². The van der Waals surface area contributed by atoms with Gasteiger partial charge in [-0.1, -0.05) is 32.9 Å². The molecule has 13 nitrogen and oxygen atoms in total. The Balaban J connectivity index is 0.000000812. The molecule has 0 spiro atoms. The Labute approximate surface area is 294 Å². The normalized spacial score (nSPS) is 11.7. The number of nitrogens with two attached hydrogens (primary N) is 2.